The number of nitrogens with one attached hydrogen (secondary N) is 2. The minimum atomic E-state index is -0.579. The molecule has 1 aliphatic rings. The van der Waals surface area contributed by atoms with Crippen LogP contribution in [0.5, 0.6) is 0 Å². The van der Waals surface area contributed by atoms with Crippen LogP contribution in [-0.4, -0.2) is 22.6 Å². The Morgan fingerprint density at radius 3 is 2.17 bits per heavy atom. The van der Waals surface area contributed by atoms with Crippen LogP contribution in [0.15, 0.2) is 77.2 Å². The molecular weight excluding hydrogens is 507 g/mol. The molecule has 35 heavy (non-hydrogen) atoms. The van der Waals surface area contributed by atoms with Crippen LogP contribution in [-0.2, 0) is 0 Å². The number of rotatable bonds is 3. The number of carbonyl (C=O) groups is 3. The predicted molar refractivity (Wildman–Crippen MR) is 138 cm³/mol. The Morgan fingerprint density at radius 1 is 0.771 bits per heavy atom. The lowest BCUT2D eigenvalue weighted by atomic mass is 9.84. The number of amides is 1. The van der Waals surface area contributed by atoms with Gasteiger partial charge in [-0.05, 0) is 54.7 Å². The molecular formula is C26H14Cl2N2O4S. The van der Waals surface area contributed by atoms with E-state index in [1.165, 1.54) is 12.1 Å². The number of hydrogen-bond donors (Lipinski definition) is 2. The summed E-state index contributed by atoms with van der Waals surface area (Å²) in [5, 5.41) is 6.06. The summed E-state index contributed by atoms with van der Waals surface area (Å²) in [4.78, 5) is 38.3. The molecule has 0 spiro atoms. The van der Waals surface area contributed by atoms with E-state index in [-0.39, 0.29) is 28.0 Å². The molecule has 2 N–H and O–H groups in total. The van der Waals surface area contributed by atoms with Crippen LogP contribution >= 0.6 is 35.4 Å². The van der Waals surface area contributed by atoms with Crippen molar-refractivity contribution in [2.75, 3.05) is 5.32 Å². The zero-order valence-electron chi connectivity index (χ0n) is 17.7. The third kappa shape index (κ3) is 4.25. The summed E-state index contributed by atoms with van der Waals surface area (Å²) >= 11 is 17.5. The zero-order chi connectivity index (χ0) is 24.7. The highest BCUT2D eigenvalue weighted by atomic mass is 35.5. The van der Waals surface area contributed by atoms with Gasteiger partial charge in [0.05, 0.1) is 10.0 Å². The number of fused-ring (bicyclic) bond motifs is 2. The van der Waals surface area contributed by atoms with Gasteiger partial charge in [-0.15, -0.1) is 0 Å². The highest BCUT2D eigenvalue weighted by Crippen LogP contribution is 2.34. The predicted octanol–water partition coefficient (Wildman–Crippen LogP) is 6.16. The summed E-state index contributed by atoms with van der Waals surface area (Å²) in [5.74, 6) is -0.657. The summed E-state index contributed by atoms with van der Waals surface area (Å²) in [6, 6.07) is 19.6. The van der Waals surface area contributed by atoms with Crippen molar-refractivity contribution in [3.8, 4) is 11.3 Å². The van der Waals surface area contributed by atoms with Crippen molar-refractivity contribution >= 4 is 63.7 Å². The SMILES string of the molecule is O=C(NC(=S)Nc1ccc2c(c1)C(=O)c1ccccc1C2=O)c1ccc(-c2cccc(Cl)c2Cl)o1. The van der Waals surface area contributed by atoms with Gasteiger partial charge in [0.15, 0.2) is 22.4 Å². The number of furan rings is 1. The third-order valence-corrected chi connectivity index (χ3v) is 6.48. The number of benzene rings is 3. The topological polar surface area (TPSA) is 88.4 Å². The fourth-order valence-electron chi connectivity index (χ4n) is 3.80. The maximum absolute atomic E-state index is 12.9. The third-order valence-electron chi connectivity index (χ3n) is 5.46. The largest absolute Gasteiger partial charge is 0.451 e. The van der Waals surface area contributed by atoms with Crippen molar-refractivity contribution in [3.05, 3.63) is 111 Å². The van der Waals surface area contributed by atoms with Crippen LogP contribution in [0, 0.1) is 0 Å². The Bertz CT molecular complexity index is 1560. The van der Waals surface area contributed by atoms with Gasteiger partial charge in [-0.2, -0.15) is 0 Å². The highest BCUT2D eigenvalue weighted by molar-refractivity contribution is 7.80. The van der Waals surface area contributed by atoms with E-state index < -0.39 is 5.91 Å². The molecule has 6 nitrogen and oxygen atoms in total. The molecule has 9 heteroatoms. The number of halogens is 2. The van der Waals surface area contributed by atoms with Crippen molar-refractivity contribution in [2.45, 2.75) is 0 Å². The van der Waals surface area contributed by atoms with Crippen LogP contribution in [0.2, 0.25) is 10.0 Å². The Kier molecular flexibility index (Phi) is 5.98. The normalized spacial score (nSPS) is 12.1. The van der Waals surface area contributed by atoms with Crippen molar-refractivity contribution in [1.29, 1.82) is 0 Å². The number of hydrogen-bond acceptors (Lipinski definition) is 5. The molecule has 0 radical (unpaired) electrons. The molecule has 1 aromatic heterocycles. The fraction of sp³-hybridized carbons (Fsp3) is 0. The molecule has 4 aromatic rings. The summed E-state index contributed by atoms with van der Waals surface area (Å²) in [7, 11) is 0. The molecule has 0 atom stereocenters. The van der Waals surface area contributed by atoms with Gasteiger partial charge < -0.3 is 9.73 Å². The first-order valence-electron chi connectivity index (χ1n) is 10.3. The standard InChI is InChI=1S/C26H14Cl2N2O4S/c27-19-7-3-6-17(22(19)28)20-10-11-21(34-20)25(33)30-26(35)29-13-8-9-16-18(12-13)24(32)15-5-2-1-4-14(15)23(16)31/h1-12H,(H2,29,30,33,35). The maximum atomic E-state index is 12.9. The van der Waals surface area contributed by atoms with Gasteiger partial charge in [0.25, 0.3) is 5.91 Å². The lowest BCUT2D eigenvalue weighted by molar-refractivity contribution is 0.0950. The monoisotopic (exact) mass is 520 g/mol. The van der Waals surface area contributed by atoms with E-state index in [4.69, 9.17) is 39.8 Å². The average molecular weight is 521 g/mol. The van der Waals surface area contributed by atoms with Gasteiger partial charge in [0.2, 0.25) is 0 Å². The zero-order valence-corrected chi connectivity index (χ0v) is 20.1. The average Bonchev–Trinajstić information content (AvgIpc) is 3.34. The van der Waals surface area contributed by atoms with Crippen LogP contribution < -0.4 is 10.6 Å². The highest BCUT2D eigenvalue weighted by Gasteiger charge is 2.29. The Hall–Kier alpha value is -3.78. The van der Waals surface area contributed by atoms with Crippen LogP contribution in [0.4, 0.5) is 5.69 Å². The Morgan fingerprint density at radius 2 is 1.43 bits per heavy atom. The molecule has 0 aliphatic heterocycles. The van der Waals surface area contributed by atoms with E-state index in [0.717, 1.165) is 0 Å². The second-order valence-electron chi connectivity index (χ2n) is 7.64. The number of anilines is 1. The first kappa shape index (κ1) is 23.0. The van der Waals surface area contributed by atoms with E-state index in [1.807, 2.05) is 0 Å². The molecule has 0 saturated carbocycles. The van der Waals surface area contributed by atoms with Crippen LogP contribution in [0.3, 0.4) is 0 Å². The minimum absolute atomic E-state index is 0.0105. The van der Waals surface area contributed by atoms with Gasteiger partial charge in [-0.3, -0.25) is 19.7 Å². The molecule has 3 aromatic carbocycles. The van der Waals surface area contributed by atoms with E-state index >= 15 is 0 Å². The van der Waals surface area contributed by atoms with Crippen molar-refractivity contribution in [1.82, 2.24) is 5.32 Å². The molecule has 0 unspecified atom stereocenters. The van der Waals surface area contributed by atoms with Crippen molar-refractivity contribution in [3.63, 3.8) is 0 Å². The quantitative estimate of drug-likeness (QED) is 0.277. The molecule has 172 valence electrons. The van der Waals surface area contributed by atoms with E-state index in [9.17, 15) is 14.4 Å². The molecule has 0 saturated heterocycles. The lowest BCUT2D eigenvalue weighted by Crippen LogP contribution is -2.34. The summed E-state index contributed by atoms with van der Waals surface area (Å²) in [6.07, 6.45) is 0. The second kappa shape index (κ2) is 9.11. The van der Waals surface area contributed by atoms with E-state index in [1.54, 1.807) is 60.7 Å². The van der Waals surface area contributed by atoms with Crippen molar-refractivity contribution < 1.29 is 18.8 Å². The van der Waals surface area contributed by atoms with Crippen LogP contribution in [0.25, 0.3) is 11.3 Å². The van der Waals surface area contributed by atoms with Crippen molar-refractivity contribution in [2.24, 2.45) is 0 Å². The molecule has 0 bridgehead atoms. The Labute approximate surface area is 214 Å². The first-order chi connectivity index (χ1) is 16.8. The lowest BCUT2D eigenvalue weighted by Gasteiger charge is -2.18. The van der Waals surface area contributed by atoms with Crippen LogP contribution in [0.1, 0.15) is 42.4 Å². The first-order valence-corrected chi connectivity index (χ1v) is 11.5. The maximum Gasteiger partial charge on any atom is 0.293 e. The van der Waals surface area contributed by atoms with Gasteiger partial charge in [-0.1, -0.05) is 53.5 Å². The molecule has 0 fully saturated rings. The minimum Gasteiger partial charge on any atom is -0.451 e. The molecule has 5 rings (SSSR count). The van der Waals surface area contributed by atoms with Gasteiger partial charge >= 0.3 is 0 Å². The smallest absolute Gasteiger partial charge is 0.293 e. The van der Waals surface area contributed by atoms with E-state index in [2.05, 4.69) is 10.6 Å². The second-order valence-corrected chi connectivity index (χ2v) is 8.83. The van der Waals surface area contributed by atoms with Gasteiger partial charge in [0, 0.05) is 33.5 Å². The van der Waals surface area contributed by atoms with E-state index in [0.29, 0.717) is 43.7 Å². The molecule has 1 aliphatic carbocycles. The van der Waals surface area contributed by atoms with Gasteiger partial charge in [0.1, 0.15) is 5.76 Å². The molecule has 1 amide bonds. The number of ketones is 2. The summed E-state index contributed by atoms with van der Waals surface area (Å²) < 4.78 is 5.63. The summed E-state index contributed by atoms with van der Waals surface area (Å²) in [6.45, 7) is 0. The Balaban J connectivity index is 1.30. The number of thiocarbonyl (C=S) groups is 1. The molecule has 1 heterocycles. The number of carbonyl (C=O) groups excluding carboxylic acids is 3. The van der Waals surface area contributed by atoms with Gasteiger partial charge in [-0.25, -0.2) is 0 Å². The fourth-order valence-corrected chi connectivity index (χ4v) is 4.41. The summed E-state index contributed by atoms with van der Waals surface area (Å²) in [5.41, 5.74) is 2.31.